The van der Waals surface area contributed by atoms with Crippen molar-refractivity contribution < 1.29 is 23.2 Å². The molecule has 8 heteroatoms. The van der Waals surface area contributed by atoms with Gasteiger partial charge in [-0.15, -0.1) is 0 Å². The molecule has 0 bridgehead atoms. The highest BCUT2D eigenvalue weighted by Gasteiger charge is 2.24. The number of hydrogen-bond donors (Lipinski definition) is 1. The molecule has 0 spiro atoms. The van der Waals surface area contributed by atoms with Crippen molar-refractivity contribution in [2.75, 3.05) is 0 Å². The van der Waals surface area contributed by atoms with Gasteiger partial charge in [0.15, 0.2) is 0 Å². The molecule has 2 aromatic carbocycles. The van der Waals surface area contributed by atoms with Crippen LogP contribution in [-0.4, -0.2) is 24.4 Å². The summed E-state index contributed by atoms with van der Waals surface area (Å²) in [6.07, 6.45) is 0. The number of carboxylic acids is 1. The lowest BCUT2D eigenvalue weighted by Gasteiger charge is -2.07. The number of nitrogens with zero attached hydrogens (tertiary/aromatic N) is 1. The van der Waals surface area contributed by atoms with E-state index < -0.39 is 20.7 Å². The van der Waals surface area contributed by atoms with Gasteiger partial charge >= 0.3 is 5.97 Å². The van der Waals surface area contributed by atoms with Gasteiger partial charge in [0.1, 0.15) is 0 Å². The van der Waals surface area contributed by atoms with Crippen LogP contribution in [0, 0.1) is 10.1 Å². The van der Waals surface area contributed by atoms with Crippen LogP contribution < -0.4 is 0 Å². The molecule has 0 saturated heterocycles. The molecule has 1 N–H and O–H groups in total. The van der Waals surface area contributed by atoms with Gasteiger partial charge in [0, 0.05) is 12.1 Å². The molecule has 0 fully saturated rings. The fourth-order valence-corrected chi connectivity index (χ4v) is 3.20. The summed E-state index contributed by atoms with van der Waals surface area (Å²) in [6.45, 7) is 0. The fraction of sp³-hybridized carbons (Fsp3) is 0. The van der Waals surface area contributed by atoms with Crippen LogP contribution in [0.4, 0.5) is 5.69 Å². The summed E-state index contributed by atoms with van der Waals surface area (Å²) >= 11 is 0. The minimum absolute atomic E-state index is 0.207. The van der Waals surface area contributed by atoms with Crippen LogP contribution in [0.25, 0.3) is 0 Å². The zero-order valence-corrected chi connectivity index (χ0v) is 11.3. The van der Waals surface area contributed by atoms with Gasteiger partial charge in [-0.2, -0.15) is 0 Å². The first kappa shape index (κ1) is 14.7. The Morgan fingerprint density at radius 2 is 1.62 bits per heavy atom. The van der Waals surface area contributed by atoms with Gasteiger partial charge in [-0.05, 0) is 24.3 Å². The second-order valence-electron chi connectivity index (χ2n) is 4.06. The molecule has 0 aliphatic carbocycles. The van der Waals surface area contributed by atoms with Crippen molar-refractivity contribution >= 4 is 21.5 Å². The maximum absolute atomic E-state index is 12.4. The number of non-ortho nitro benzene ring substituents is 1. The van der Waals surface area contributed by atoms with Gasteiger partial charge in [0.05, 0.1) is 20.3 Å². The molecule has 7 nitrogen and oxygen atoms in total. The Labute approximate surface area is 119 Å². The van der Waals surface area contributed by atoms with E-state index in [-0.39, 0.29) is 21.0 Å². The Morgan fingerprint density at radius 1 is 1.05 bits per heavy atom. The average Bonchev–Trinajstić information content (AvgIpc) is 2.47. The van der Waals surface area contributed by atoms with Gasteiger partial charge < -0.3 is 5.11 Å². The molecular weight excluding hydrogens is 298 g/mol. The first-order chi connectivity index (χ1) is 9.84. The van der Waals surface area contributed by atoms with Crippen molar-refractivity contribution in [3.05, 3.63) is 64.2 Å². The molecule has 2 rings (SSSR count). The summed E-state index contributed by atoms with van der Waals surface area (Å²) in [5, 5.41) is 19.6. The van der Waals surface area contributed by atoms with Gasteiger partial charge in [0.2, 0.25) is 9.84 Å². The lowest BCUT2D eigenvalue weighted by Crippen LogP contribution is -2.09. The van der Waals surface area contributed by atoms with E-state index in [0.29, 0.717) is 0 Å². The van der Waals surface area contributed by atoms with Crippen molar-refractivity contribution in [1.82, 2.24) is 0 Å². The maximum atomic E-state index is 12.4. The van der Waals surface area contributed by atoms with Crippen LogP contribution in [-0.2, 0) is 9.84 Å². The highest BCUT2D eigenvalue weighted by Crippen LogP contribution is 2.25. The molecule has 2 aromatic rings. The molecule has 0 aromatic heterocycles. The molecule has 0 unspecified atom stereocenters. The molecular formula is C13H9NO6S. The summed E-state index contributed by atoms with van der Waals surface area (Å²) in [4.78, 5) is 20.4. The summed E-state index contributed by atoms with van der Waals surface area (Å²) in [5.74, 6) is -1.36. The largest absolute Gasteiger partial charge is 0.478 e. The number of hydrogen-bond acceptors (Lipinski definition) is 5. The third kappa shape index (κ3) is 2.75. The predicted octanol–water partition coefficient (Wildman–Crippen LogP) is 2.13. The van der Waals surface area contributed by atoms with Crippen LogP contribution in [0.2, 0.25) is 0 Å². The molecule has 0 saturated carbocycles. The van der Waals surface area contributed by atoms with Crippen molar-refractivity contribution in [2.45, 2.75) is 9.79 Å². The zero-order chi connectivity index (χ0) is 15.6. The highest BCUT2D eigenvalue weighted by molar-refractivity contribution is 7.91. The topological polar surface area (TPSA) is 115 Å². The van der Waals surface area contributed by atoms with E-state index in [1.165, 1.54) is 24.3 Å². The first-order valence-corrected chi connectivity index (χ1v) is 7.14. The first-order valence-electron chi connectivity index (χ1n) is 5.66. The van der Waals surface area contributed by atoms with Crippen molar-refractivity contribution in [3.63, 3.8) is 0 Å². The van der Waals surface area contributed by atoms with Crippen LogP contribution in [0.1, 0.15) is 10.4 Å². The molecule has 0 atom stereocenters. The van der Waals surface area contributed by atoms with E-state index in [9.17, 15) is 23.3 Å². The summed E-state index contributed by atoms with van der Waals surface area (Å²) < 4.78 is 24.8. The fourth-order valence-electron chi connectivity index (χ4n) is 1.75. The van der Waals surface area contributed by atoms with Crippen molar-refractivity contribution in [2.24, 2.45) is 0 Å². The van der Waals surface area contributed by atoms with E-state index in [4.69, 9.17) is 5.11 Å². The van der Waals surface area contributed by atoms with Crippen LogP contribution in [0.15, 0.2) is 58.3 Å². The van der Waals surface area contributed by atoms with Gasteiger partial charge in [-0.1, -0.05) is 12.1 Å². The molecule has 0 heterocycles. The number of benzene rings is 2. The zero-order valence-electron chi connectivity index (χ0n) is 10.5. The number of nitro benzene ring substituents is 1. The quantitative estimate of drug-likeness (QED) is 0.683. The maximum Gasteiger partial charge on any atom is 0.337 e. The molecule has 0 radical (unpaired) electrons. The third-order valence-electron chi connectivity index (χ3n) is 2.76. The highest BCUT2D eigenvalue weighted by atomic mass is 32.2. The number of carboxylic acid groups (broad SMARTS) is 1. The van der Waals surface area contributed by atoms with Crippen LogP contribution >= 0.6 is 0 Å². The Bertz CT molecular complexity index is 811. The van der Waals surface area contributed by atoms with E-state index in [1.807, 2.05) is 0 Å². The van der Waals surface area contributed by atoms with Crippen LogP contribution in [0.3, 0.4) is 0 Å². The summed E-state index contributed by atoms with van der Waals surface area (Å²) in [6, 6.07) is 9.44. The third-order valence-corrected chi connectivity index (χ3v) is 4.59. The van der Waals surface area contributed by atoms with E-state index >= 15 is 0 Å². The molecule has 0 aliphatic rings. The smallest absolute Gasteiger partial charge is 0.337 e. The average molecular weight is 307 g/mol. The van der Waals surface area contributed by atoms with Crippen molar-refractivity contribution in [3.8, 4) is 0 Å². The second kappa shape index (κ2) is 5.33. The lowest BCUT2D eigenvalue weighted by atomic mass is 10.2. The Balaban J connectivity index is 2.57. The van der Waals surface area contributed by atoms with Crippen LogP contribution in [0.5, 0.6) is 0 Å². The van der Waals surface area contributed by atoms with Gasteiger partial charge in [0.25, 0.3) is 5.69 Å². The summed E-state index contributed by atoms with van der Waals surface area (Å²) in [5.41, 5.74) is -0.601. The normalized spacial score (nSPS) is 11.0. The molecule has 0 amide bonds. The van der Waals surface area contributed by atoms with E-state index in [2.05, 4.69) is 0 Å². The number of rotatable bonds is 4. The molecule has 0 aliphatic heterocycles. The minimum atomic E-state index is -4.06. The second-order valence-corrected chi connectivity index (χ2v) is 5.97. The van der Waals surface area contributed by atoms with Crippen molar-refractivity contribution in [1.29, 1.82) is 0 Å². The SMILES string of the molecule is O=C(O)c1ccccc1S(=O)(=O)c1ccc([N+](=O)[O-])cc1. The predicted molar refractivity (Wildman–Crippen MR) is 71.9 cm³/mol. The number of nitro groups is 1. The Kier molecular flexibility index (Phi) is 3.72. The Hall–Kier alpha value is -2.74. The Morgan fingerprint density at radius 3 is 2.14 bits per heavy atom. The molecule has 21 heavy (non-hydrogen) atoms. The minimum Gasteiger partial charge on any atom is -0.478 e. The summed E-state index contributed by atoms with van der Waals surface area (Å²) in [7, 11) is -4.06. The number of sulfone groups is 1. The number of carbonyl (C=O) groups is 1. The monoisotopic (exact) mass is 307 g/mol. The van der Waals surface area contributed by atoms with Gasteiger partial charge in [-0.3, -0.25) is 10.1 Å². The molecule has 108 valence electrons. The van der Waals surface area contributed by atoms with Gasteiger partial charge in [-0.25, -0.2) is 13.2 Å². The van der Waals surface area contributed by atoms with E-state index in [1.54, 1.807) is 0 Å². The lowest BCUT2D eigenvalue weighted by molar-refractivity contribution is -0.384. The number of aromatic carboxylic acids is 1. The van der Waals surface area contributed by atoms with E-state index in [0.717, 1.165) is 24.3 Å². The standard InChI is InChI=1S/C13H9NO6S/c15-13(16)11-3-1-2-4-12(11)21(19,20)10-7-5-9(6-8-10)14(17)18/h1-8H,(H,15,16).